The van der Waals surface area contributed by atoms with Crippen molar-refractivity contribution in [3.63, 3.8) is 0 Å². The number of carbonyl (C=O) groups excluding carboxylic acids is 2. The number of amides is 3. The molecule has 1 aliphatic heterocycles. The molecule has 0 bridgehead atoms. The van der Waals surface area contributed by atoms with Crippen LogP contribution in [0.2, 0.25) is 0 Å². The first kappa shape index (κ1) is 18.7. The monoisotopic (exact) mass is 382 g/mol. The van der Waals surface area contributed by atoms with Crippen LogP contribution >= 0.6 is 0 Å². The zero-order chi connectivity index (χ0) is 19.9. The van der Waals surface area contributed by atoms with E-state index in [1.807, 2.05) is 18.2 Å². The molecule has 0 radical (unpaired) electrons. The van der Waals surface area contributed by atoms with E-state index in [0.29, 0.717) is 41.9 Å². The van der Waals surface area contributed by atoms with E-state index in [0.717, 1.165) is 24.8 Å². The van der Waals surface area contributed by atoms with Gasteiger partial charge < -0.3 is 10.3 Å². The molecule has 2 fully saturated rings. The Balaban J connectivity index is 1.52. The topological polar surface area (TPSA) is 95.2 Å². The summed E-state index contributed by atoms with van der Waals surface area (Å²) < 4.78 is 0. The lowest BCUT2D eigenvalue weighted by Gasteiger charge is -2.30. The number of nitrogens with one attached hydrogen (secondary N) is 2. The summed E-state index contributed by atoms with van der Waals surface area (Å²) in [6.45, 7) is 4.37. The van der Waals surface area contributed by atoms with Crippen LogP contribution in [0.5, 0.6) is 0 Å². The van der Waals surface area contributed by atoms with Gasteiger partial charge in [-0.2, -0.15) is 0 Å². The fourth-order valence-electron chi connectivity index (χ4n) is 4.27. The van der Waals surface area contributed by atoms with Crippen molar-refractivity contribution in [2.75, 3.05) is 6.54 Å². The normalized spacial score (nSPS) is 19.0. The van der Waals surface area contributed by atoms with Gasteiger partial charge in [-0.3, -0.25) is 14.5 Å². The number of aromatic nitrogens is 2. The highest BCUT2D eigenvalue weighted by atomic mass is 16.2. The van der Waals surface area contributed by atoms with Gasteiger partial charge in [-0.25, -0.2) is 9.78 Å². The molecule has 1 saturated heterocycles. The van der Waals surface area contributed by atoms with E-state index in [9.17, 15) is 14.4 Å². The second-order valence-electron chi connectivity index (χ2n) is 8.22. The van der Waals surface area contributed by atoms with Crippen LogP contribution in [0, 0.1) is 0 Å². The smallest absolute Gasteiger partial charge is 0.323 e. The minimum absolute atomic E-state index is 0.137. The highest BCUT2D eigenvalue weighted by molar-refractivity contribution is 6.07. The number of rotatable bonds is 4. The Morgan fingerprint density at radius 3 is 2.61 bits per heavy atom. The molecule has 0 unspecified atom stereocenters. The van der Waals surface area contributed by atoms with Gasteiger partial charge >= 0.3 is 6.03 Å². The molecular formula is C21H26N4O3. The molecule has 1 saturated carbocycles. The average molecular weight is 382 g/mol. The third kappa shape index (κ3) is 3.19. The molecule has 1 spiro atoms. The molecule has 2 N–H and O–H groups in total. The number of urea groups is 1. The van der Waals surface area contributed by atoms with E-state index >= 15 is 0 Å². The molecular weight excluding hydrogens is 356 g/mol. The standard InChI is InChI=1S/C21H26N4O3/c1-13(2)14-6-7-16-15(12-14)18(26)23-17(22-16)8-11-25-19(27)21(24-20(25)28)9-4-3-5-10-21/h6-7,12-13H,3-5,8-11H2,1-2H3,(H,24,28)(H,22,23,26). The Bertz CT molecular complexity index is 989. The molecule has 2 aliphatic rings. The Kier molecular flexibility index (Phi) is 4.69. The first-order chi connectivity index (χ1) is 13.4. The van der Waals surface area contributed by atoms with Crippen molar-refractivity contribution in [2.24, 2.45) is 0 Å². The molecule has 7 heteroatoms. The van der Waals surface area contributed by atoms with Crippen LogP contribution < -0.4 is 10.9 Å². The first-order valence-electron chi connectivity index (χ1n) is 10.1. The number of benzene rings is 1. The van der Waals surface area contributed by atoms with Crippen LogP contribution in [-0.4, -0.2) is 38.9 Å². The van der Waals surface area contributed by atoms with Crippen LogP contribution in [0.15, 0.2) is 23.0 Å². The number of carbonyl (C=O) groups is 2. The summed E-state index contributed by atoms with van der Waals surface area (Å²) in [6, 6.07) is 5.37. The average Bonchev–Trinajstić information content (AvgIpc) is 2.89. The molecule has 3 amide bonds. The molecule has 28 heavy (non-hydrogen) atoms. The van der Waals surface area contributed by atoms with Gasteiger partial charge in [-0.15, -0.1) is 0 Å². The van der Waals surface area contributed by atoms with Crippen LogP contribution in [0.3, 0.4) is 0 Å². The number of nitrogens with zero attached hydrogens (tertiary/aromatic N) is 2. The number of H-pyrrole nitrogens is 1. The second kappa shape index (κ2) is 7.04. The number of imide groups is 1. The van der Waals surface area contributed by atoms with Crippen molar-refractivity contribution in [3.8, 4) is 0 Å². The quantitative estimate of drug-likeness (QED) is 0.795. The second-order valence-corrected chi connectivity index (χ2v) is 8.22. The van der Waals surface area contributed by atoms with Gasteiger partial charge in [0.15, 0.2) is 0 Å². The minimum atomic E-state index is -0.715. The summed E-state index contributed by atoms with van der Waals surface area (Å²) in [6.07, 6.45) is 4.75. The van der Waals surface area contributed by atoms with E-state index < -0.39 is 5.54 Å². The van der Waals surface area contributed by atoms with Gasteiger partial charge in [-0.1, -0.05) is 39.2 Å². The number of hydrogen-bond acceptors (Lipinski definition) is 4. The maximum Gasteiger partial charge on any atom is 0.325 e. The zero-order valence-electron chi connectivity index (χ0n) is 16.4. The van der Waals surface area contributed by atoms with Crippen LogP contribution in [-0.2, 0) is 11.2 Å². The third-order valence-corrected chi connectivity index (χ3v) is 5.97. The summed E-state index contributed by atoms with van der Waals surface area (Å²) in [7, 11) is 0. The van der Waals surface area contributed by atoms with Crippen LogP contribution in [0.4, 0.5) is 4.79 Å². The number of aromatic amines is 1. The lowest BCUT2D eigenvalue weighted by molar-refractivity contribution is -0.132. The van der Waals surface area contributed by atoms with Crippen molar-refractivity contribution in [1.82, 2.24) is 20.2 Å². The van der Waals surface area contributed by atoms with Gasteiger partial charge in [0.05, 0.1) is 10.9 Å². The van der Waals surface area contributed by atoms with Gasteiger partial charge in [0, 0.05) is 13.0 Å². The highest BCUT2D eigenvalue weighted by Gasteiger charge is 2.50. The van der Waals surface area contributed by atoms with E-state index in [1.165, 1.54) is 4.90 Å². The fraction of sp³-hybridized carbons (Fsp3) is 0.524. The minimum Gasteiger partial charge on any atom is -0.323 e. The Labute approximate surface area is 163 Å². The zero-order valence-corrected chi connectivity index (χ0v) is 16.4. The largest absolute Gasteiger partial charge is 0.325 e. The van der Waals surface area contributed by atoms with E-state index in [4.69, 9.17) is 0 Å². The summed E-state index contributed by atoms with van der Waals surface area (Å²) in [5.74, 6) is 0.678. The lowest BCUT2D eigenvalue weighted by Crippen LogP contribution is -2.48. The van der Waals surface area contributed by atoms with Crippen molar-refractivity contribution >= 4 is 22.8 Å². The Morgan fingerprint density at radius 2 is 1.89 bits per heavy atom. The van der Waals surface area contributed by atoms with Crippen molar-refractivity contribution in [1.29, 1.82) is 0 Å². The van der Waals surface area contributed by atoms with Crippen LogP contribution in [0.1, 0.15) is 63.3 Å². The molecule has 2 heterocycles. The molecule has 1 aromatic carbocycles. The Hall–Kier alpha value is -2.70. The molecule has 7 nitrogen and oxygen atoms in total. The van der Waals surface area contributed by atoms with Crippen molar-refractivity contribution < 1.29 is 9.59 Å². The molecule has 2 aromatic rings. The maximum absolute atomic E-state index is 12.8. The van der Waals surface area contributed by atoms with E-state index in [2.05, 4.69) is 29.1 Å². The fourth-order valence-corrected chi connectivity index (χ4v) is 4.27. The van der Waals surface area contributed by atoms with Crippen molar-refractivity contribution in [2.45, 2.75) is 63.8 Å². The third-order valence-electron chi connectivity index (χ3n) is 5.97. The van der Waals surface area contributed by atoms with Gasteiger partial charge in [0.2, 0.25) is 0 Å². The van der Waals surface area contributed by atoms with E-state index in [-0.39, 0.29) is 24.0 Å². The summed E-state index contributed by atoms with van der Waals surface area (Å²) >= 11 is 0. The number of fused-ring (bicyclic) bond motifs is 1. The lowest BCUT2D eigenvalue weighted by atomic mass is 9.82. The predicted molar refractivity (Wildman–Crippen MR) is 106 cm³/mol. The maximum atomic E-state index is 12.8. The first-order valence-corrected chi connectivity index (χ1v) is 10.1. The summed E-state index contributed by atoms with van der Waals surface area (Å²) in [4.78, 5) is 46.3. The van der Waals surface area contributed by atoms with E-state index in [1.54, 1.807) is 0 Å². The summed E-state index contributed by atoms with van der Waals surface area (Å²) in [5, 5.41) is 3.47. The summed E-state index contributed by atoms with van der Waals surface area (Å²) in [5.41, 5.74) is 0.810. The van der Waals surface area contributed by atoms with Gasteiger partial charge in [0.25, 0.3) is 11.5 Å². The SMILES string of the molecule is CC(C)c1ccc2nc(CCN3C(=O)NC4(CCCCC4)C3=O)[nH]c(=O)c2c1. The molecule has 0 atom stereocenters. The van der Waals surface area contributed by atoms with Crippen LogP contribution in [0.25, 0.3) is 10.9 Å². The van der Waals surface area contributed by atoms with Crippen molar-refractivity contribution in [3.05, 3.63) is 39.9 Å². The van der Waals surface area contributed by atoms with Gasteiger partial charge in [-0.05, 0) is 36.5 Å². The molecule has 148 valence electrons. The molecule has 1 aromatic heterocycles. The van der Waals surface area contributed by atoms with Gasteiger partial charge in [0.1, 0.15) is 11.4 Å². The predicted octanol–water partition coefficient (Wildman–Crippen LogP) is 2.84. The molecule has 1 aliphatic carbocycles. The Morgan fingerprint density at radius 1 is 1.14 bits per heavy atom. The molecule has 4 rings (SSSR count). The highest BCUT2D eigenvalue weighted by Crippen LogP contribution is 2.33. The number of hydrogen-bond donors (Lipinski definition) is 2.